The van der Waals surface area contributed by atoms with Crippen LogP contribution in [0, 0.1) is 0 Å². The molecule has 0 aliphatic heterocycles. The van der Waals surface area contributed by atoms with Crippen molar-refractivity contribution in [3.05, 3.63) is 124 Å². The minimum absolute atomic E-state index is 0. The molecule has 0 saturated heterocycles. The average molecular weight is 741 g/mol. The molecule has 0 aliphatic rings. The third-order valence-electron chi connectivity index (χ3n) is 5.33. The molecule has 0 aliphatic carbocycles. The summed E-state index contributed by atoms with van der Waals surface area (Å²) in [6.45, 7) is 0. The van der Waals surface area contributed by atoms with Crippen molar-refractivity contribution in [3.63, 3.8) is 0 Å². The quantitative estimate of drug-likeness (QED) is 0.180. The summed E-state index contributed by atoms with van der Waals surface area (Å²) in [5.41, 5.74) is 2.01. The Hall–Kier alpha value is -1.11. The molecule has 40 heavy (non-hydrogen) atoms. The molecule has 0 saturated carbocycles. The van der Waals surface area contributed by atoms with Crippen LogP contribution in [0.25, 0.3) is 0 Å². The number of aliphatic hydroxyl groups is 1. The number of carbonyl (C=O) groups excluding carboxylic acids is 1. The van der Waals surface area contributed by atoms with Gasteiger partial charge in [-0.05, 0) is 66.2 Å². The molecule has 0 heterocycles. The summed E-state index contributed by atoms with van der Waals surface area (Å²) in [4.78, 5) is 12.4. The van der Waals surface area contributed by atoms with E-state index in [-0.39, 0.29) is 34.5 Å². The molecule has 0 fully saturated rings. The number of benzene rings is 4. The van der Waals surface area contributed by atoms with Crippen molar-refractivity contribution in [1.82, 2.24) is 0 Å². The van der Waals surface area contributed by atoms with E-state index in [4.69, 9.17) is 55.9 Å². The van der Waals surface area contributed by atoms with Gasteiger partial charge in [0.25, 0.3) is 0 Å². The maximum absolute atomic E-state index is 12.4. The van der Waals surface area contributed by atoms with Gasteiger partial charge in [0.05, 0.1) is 29.8 Å². The van der Waals surface area contributed by atoms with E-state index in [0.717, 1.165) is 14.7 Å². The van der Waals surface area contributed by atoms with Crippen LogP contribution in [-0.4, -0.2) is 33.5 Å². The summed E-state index contributed by atoms with van der Waals surface area (Å²) in [6, 6.07) is 20.6. The Morgan fingerprint density at radius 2 is 1.12 bits per heavy atom. The predicted octanol–water partition coefficient (Wildman–Crippen LogP) is 6.58. The molecule has 4 aromatic rings. The van der Waals surface area contributed by atoms with Crippen molar-refractivity contribution < 1.29 is 39.7 Å². The standard InChI is InChI=1S/C14H11BrCl2O2.C14H9BrCl2O2.B.Li.H/c2*1-19-10-4-2-8(3-5-10)14(18)13-11(16)6-9(15)7-12(13)17;;;/h2-7,14,18H,1H3;2-7H,1H3;;;/q;;;+1;-1. The fraction of sp³-hybridized carbons (Fsp3) is 0.107. The smallest absolute Gasteiger partial charge is 1.00 e. The average Bonchev–Trinajstić information content (AvgIpc) is 2.88. The van der Waals surface area contributed by atoms with Crippen molar-refractivity contribution in [1.29, 1.82) is 0 Å². The predicted molar refractivity (Wildman–Crippen MR) is 169 cm³/mol. The molecule has 4 nitrogen and oxygen atoms in total. The first-order valence-corrected chi connectivity index (χ1v) is 13.9. The molecule has 0 amide bonds. The monoisotopic (exact) mass is 737 g/mol. The largest absolute Gasteiger partial charge is 1.00 e. The van der Waals surface area contributed by atoms with E-state index in [1.807, 2.05) is 0 Å². The first-order chi connectivity index (χ1) is 18.0. The van der Waals surface area contributed by atoms with Crippen LogP contribution in [0.3, 0.4) is 0 Å². The fourth-order valence-corrected chi connectivity index (χ4v) is 6.21. The van der Waals surface area contributed by atoms with Crippen LogP contribution in [0.2, 0.25) is 20.1 Å². The normalized spacial score (nSPS) is 10.7. The third-order valence-corrected chi connectivity index (χ3v) is 7.47. The van der Waals surface area contributed by atoms with Crippen molar-refractivity contribution in [2.75, 3.05) is 14.2 Å². The maximum atomic E-state index is 12.4. The molecule has 12 heteroatoms. The molecule has 4 rings (SSSR count). The van der Waals surface area contributed by atoms with Crippen molar-refractivity contribution in [2.45, 2.75) is 6.10 Å². The van der Waals surface area contributed by atoms with E-state index in [0.29, 0.717) is 48.1 Å². The Kier molecular flexibility index (Phi) is 15.8. The van der Waals surface area contributed by atoms with Gasteiger partial charge in [-0.15, -0.1) is 0 Å². The molecular formula is C28H21BBr2Cl4LiO4. The van der Waals surface area contributed by atoms with Crippen LogP contribution in [0.1, 0.15) is 34.6 Å². The van der Waals surface area contributed by atoms with Crippen molar-refractivity contribution in [3.8, 4) is 11.5 Å². The van der Waals surface area contributed by atoms with Gasteiger partial charge in [-0.1, -0.05) is 90.4 Å². The zero-order valence-corrected chi connectivity index (χ0v) is 27.7. The van der Waals surface area contributed by atoms with Crippen LogP contribution >= 0.6 is 78.3 Å². The molecule has 203 valence electrons. The second-order valence-electron chi connectivity index (χ2n) is 7.76. The van der Waals surface area contributed by atoms with Crippen LogP contribution < -0.4 is 28.3 Å². The molecule has 0 aromatic heterocycles. The molecule has 4 aromatic carbocycles. The molecular weight excluding hydrogens is 720 g/mol. The topological polar surface area (TPSA) is 55.8 Å². The zero-order chi connectivity index (χ0) is 28.0. The first-order valence-electron chi connectivity index (χ1n) is 10.9. The summed E-state index contributed by atoms with van der Waals surface area (Å²) >= 11 is 31.0. The maximum Gasteiger partial charge on any atom is 1.00 e. The summed E-state index contributed by atoms with van der Waals surface area (Å²) in [6.07, 6.45) is -0.876. The molecule has 1 N–H and O–H groups in total. The molecule has 3 radical (unpaired) electrons. The second kappa shape index (κ2) is 17.1. The van der Waals surface area contributed by atoms with Crippen molar-refractivity contribution in [2.24, 2.45) is 0 Å². The summed E-state index contributed by atoms with van der Waals surface area (Å²) in [5.74, 6) is 1.19. The van der Waals surface area contributed by atoms with Gasteiger partial charge in [0.2, 0.25) is 0 Å². The van der Waals surface area contributed by atoms with Gasteiger partial charge in [0.15, 0.2) is 5.78 Å². The van der Waals surface area contributed by atoms with Gasteiger partial charge >= 0.3 is 18.9 Å². The number of halogens is 6. The van der Waals surface area contributed by atoms with Crippen LogP contribution in [0.5, 0.6) is 11.5 Å². The Bertz CT molecular complexity index is 1400. The number of ketones is 1. The minimum Gasteiger partial charge on any atom is -1.00 e. The zero-order valence-electron chi connectivity index (χ0n) is 22.5. The number of rotatable bonds is 6. The Morgan fingerprint density at radius 1 is 0.750 bits per heavy atom. The van der Waals surface area contributed by atoms with E-state index < -0.39 is 6.10 Å². The Labute approximate surface area is 285 Å². The van der Waals surface area contributed by atoms with Gasteiger partial charge in [0, 0.05) is 38.5 Å². The fourth-order valence-electron chi connectivity index (χ4n) is 3.41. The molecule has 0 spiro atoms. The van der Waals surface area contributed by atoms with Crippen LogP contribution in [0.15, 0.2) is 81.7 Å². The second-order valence-corrected chi connectivity index (χ2v) is 11.2. The van der Waals surface area contributed by atoms with Crippen LogP contribution in [-0.2, 0) is 0 Å². The van der Waals surface area contributed by atoms with Gasteiger partial charge in [-0.25, -0.2) is 0 Å². The third kappa shape index (κ3) is 9.46. The number of aliphatic hydroxyl groups excluding tert-OH is 1. The number of ether oxygens (including phenoxy) is 2. The van der Waals surface area contributed by atoms with E-state index in [2.05, 4.69) is 31.9 Å². The molecule has 1 unspecified atom stereocenters. The van der Waals surface area contributed by atoms with E-state index in [9.17, 15) is 9.90 Å². The van der Waals surface area contributed by atoms with Crippen molar-refractivity contribution >= 4 is 92.5 Å². The van der Waals surface area contributed by atoms with E-state index >= 15 is 0 Å². The summed E-state index contributed by atoms with van der Waals surface area (Å²) in [7, 11) is 3.16. The van der Waals surface area contributed by atoms with Gasteiger partial charge in [0.1, 0.15) is 17.6 Å². The summed E-state index contributed by atoms with van der Waals surface area (Å²) in [5, 5.41) is 11.9. The Balaban J connectivity index is 0.000000727. The number of methoxy groups -OCH3 is 2. The molecule has 1 atom stereocenters. The summed E-state index contributed by atoms with van der Waals surface area (Å²) < 4.78 is 11.6. The number of carbonyl (C=O) groups is 1. The van der Waals surface area contributed by atoms with Gasteiger partial charge < -0.3 is 16.0 Å². The number of hydrogen-bond donors (Lipinski definition) is 1. The Morgan fingerprint density at radius 3 is 1.52 bits per heavy atom. The SMILES string of the molecule is COc1ccc(C(=O)c2c(Cl)cc(Br)cc2Cl)cc1.COc1ccc(C(O)c2c(Cl)cc(Br)cc2Cl)cc1.[B].[H-].[Li+]. The van der Waals surface area contributed by atoms with E-state index in [1.54, 1.807) is 87.0 Å². The van der Waals surface area contributed by atoms with Gasteiger partial charge in [-0.2, -0.15) is 0 Å². The number of hydrogen-bond acceptors (Lipinski definition) is 4. The molecule has 0 bridgehead atoms. The van der Waals surface area contributed by atoms with Gasteiger partial charge in [-0.3, -0.25) is 4.79 Å². The minimum atomic E-state index is -0.876. The van der Waals surface area contributed by atoms with E-state index in [1.165, 1.54) is 0 Å². The first kappa shape index (κ1) is 36.9. The van der Waals surface area contributed by atoms with Crippen LogP contribution in [0.4, 0.5) is 0 Å².